The predicted octanol–water partition coefficient (Wildman–Crippen LogP) is 5.71. The number of allylic oxidation sites excluding steroid dienone is 1. The summed E-state index contributed by atoms with van der Waals surface area (Å²) in [5, 5.41) is 17.1. The second-order valence-corrected chi connectivity index (χ2v) is 9.41. The predicted molar refractivity (Wildman–Crippen MR) is 146 cm³/mol. The van der Waals surface area contributed by atoms with Crippen LogP contribution < -0.4 is 15.4 Å². The van der Waals surface area contributed by atoms with Crippen molar-refractivity contribution in [1.29, 1.82) is 5.26 Å². The van der Waals surface area contributed by atoms with Gasteiger partial charge in [0, 0.05) is 5.02 Å². The molecule has 1 aliphatic heterocycles. The number of esters is 1. The number of amides is 1. The molecule has 0 saturated heterocycles. The smallest absolute Gasteiger partial charge is 0.337 e. The first kappa shape index (κ1) is 26.9. The Hall–Kier alpha value is -4.13. The number of halogens is 1. The maximum atomic E-state index is 13.2. The molecule has 194 valence electrons. The summed E-state index contributed by atoms with van der Waals surface area (Å²) in [4.78, 5) is 26.1. The number of rotatable bonds is 9. The van der Waals surface area contributed by atoms with Crippen molar-refractivity contribution in [3.63, 3.8) is 0 Å². The fraction of sp³-hybridized carbons (Fsp3) is 0.179. The van der Waals surface area contributed by atoms with Gasteiger partial charge in [-0.2, -0.15) is 5.26 Å². The van der Waals surface area contributed by atoms with Crippen LogP contribution in [-0.2, 0) is 14.3 Å². The van der Waals surface area contributed by atoms with Crippen LogP contribution in [0.4, 0.5) is 5.69 Å². The van der Waals surface area contributed by atoms with Crippen molar-refractivity contribution in [2.45, 2.75) is 12.8 Å². The summed E-state index contributed by atoms with van der Waals surface area (Å²) < 4.78 is 16.3. The lowest BCUT2D eigenvalue weighted by molar-refractivity contribution is -0.138. The molecule has 0 radical (unpaired) electrons. The minimum absolute atomic E-state index is 0.0368. The van der Waals surface area contributed by atoms with E-state index in [0.29, 0.717) is 32.9 Å². The molecule has 1 amide bonds. The number of hydrogen-bond donors (Lipinski definition) is 2. The molecule has 0 unspecified atom stereocenters. The number of hydrogen-bond acceptors (Lipinski definition) is 8. The minimum Gasteiger partial charge on any atom is -0.495 e. The van der Waals surface area contributed by atoms with Gasteiger partial charge in [0.1, 0.15) is 11.5 Å². The number of nitriles is 1. The number of anilines is 1. The van der Waals surface area contributed by atoms with Gasteiger partial charge in [0.25, 0.3) is 0 Å². The molecule has 1 aliphatic rings. The maximum Gasteiger partial charge on any atom is 0.337 e. The highest BCUT2D eigenvalue weighted by molar-refractivity contribution is 8.03. The summed E-state index contributed by atoms with van der Waals surface area (Å²) in [7, 11) is 1.50. The van der Waals surface area contributed by atoms with Crippen LogP contribution in [0, 0.1) is 11.3 Å². The van der Waals surface area contributed by atoms with E-state index in [1.54, 1.807) is 37.3 Å². The van der Waals surface area contributed by atoms with E-state index >= 15 is 0 Å². The summed E-state index contributed by atoms with van der Waals surface area (Å²) >= 11 is 7.21. The van der Waals surface area contributed by atoms with Gasteiger partial charge in [-0.25, -0.2) is 4.79 Å². The molecule has 0 bridgehead atoms. The molecule has 10 heteroatoms. The summed E-state index contributed by atoms with van der Waals surface area (Å²) in [5.74, 6) is -0.896. The van der Waals surface area contributed by atoms with Crippen LogP contribution in [0.15, 0.2) is 87.5 Å². The molecule has 38 heavy (non-hydrogen) atoms. The summed E-state index contributed by atoms with van der Waals surface area (Å²) in [5.41, 5.74) is 2.11. The van der Waals surface area contributed by atoms with E-state index in [0.717, 1.165) is 17.3 Å². The van der Waals surface area contributed by atoms with Crippen molar-refractivity contribution in [2.24, 2.45) is 0 Å². The zero-order valence-electron chi connectivity index (χ0n) is 20.6. The van der Waals surface area contributed by atoms with Crippen LogP contribution in [0.1, 0.15) is 24.2 Å². The number of benzene rings is 2. The standard InChI is InChI=1S/C28H24ClN3O5S/c1-3-36-28(34)25-24(22-10-7-13-37-22)19(15-30)27(32-26(25)17-8-5-4-6-9-17)38-16-23(33)31-20-14-18(29)11-12-21(20)35-2/h4-14,24,32H,3,16H2,1-2H3,(H,31,33)/t24-/m1/s1. The number of nitrogens with one attached hydrogen (secondary N) is 2. The number of nitrogens with zero attached hydrogens (tertiary/aromatic N) is 1. The van der Waals surface area contributed by atoms with Crippen molar-refractivity contribution in [3.05, 3.63) is 99.4 Å². The first-order chi connectivity index (χ1) is 18.5. The third-order valence-electron chi connectivity index (χ3n) is 5.62. The molecule has 0 fully saturated rings. The van der Waals surface area contributed by atoms with Gasteiger partial charge in [0.05, 0.1) is 65.3 Å². The Labute approximate surface area is 229 Å². The fourth-order valence-electron chi connectivity index (χ4n) is 4.00. The summed E-state index contributed by atoms with van der Waals surface area (Å²) in [6.07, 6.45) is 1.48. The zero-order valence-corrected chi connectivity index (χ0v) is 22.2. The molecule has 0 aliphatic carbocycles. The summed E-state index contributed by atoms with van der Waals surface area (Å²) in [6, 6.07) is 19.8. The first-order valence-electron chi connectivity index (χ1n) is 11.6. The van der Waals surface area contributed by atoms with Crippen molar-refractivity contribution in [1.82, 2.24) is 5.32 Å². The summed E-state index contributed by atoms with van der Waals surface area (Å²) in [6.45, 7) is 1.88. The van der Waals surface area contributed by atoms with Crippen molar-refractivity contribution in [3.8, 4) is 11.8 Å². The van der Waals surface area contributed by atoms with Crippen LogP contribution in [0.2, 0.25) is 5.02 Å². The van der Waals surface area contributed by atoms with Crippen LogP contribution in [-0.4, -0.2) is 31.3 Å². The van der Waals surface area contributed by atoms with Crippen LogP contribution in [0.3, 0.4) is 0 Å². The molecule has 8 nitrogen and oxygen atoms in total. The number of dihydropyridines is 1. The number of carbonyl (C=O) groups is 2. The van der Waals surface area contributed by atoms with Crippen molar-refractivity contribution >= 4 is 46.6 Å². The van der Waals surface area contributed by atoms with E-state index in [-0.39, 0.29) is 29.4 Å². The number of thioether (sulfide) groups is 1. The fourth-order valence-corrected chi connectivity index (χ4v) is 5.01. The third-order valence-corrected chi connectivity index (χ3v) is 6.87. The van der Waals surface area contributed by atoms with E-state index in [1.165, 1.54) is 13.4 Å². The highest BCUT2D eigenvalue weighted by Crippen LogP contribution is 2.43. The molecule has 0 spiro atoms. The molecular formula is C28H24ClN3O5S. The third kappa shape index (κ3) is 5.88. The van der Waals surface area contributed by atoms with Crippen LogP contribution >= 0.6 is 23.4 Å². The molecule has 4 rings (SSSR count). The Bertz CT molecular complexity index is 1430. The van der Waals surface area contributed by atoms with E-state index < -0.39 is 11.9 Å². The Balaban J connectivity index is 1.70. The molecule has 2 aromatic carbocycles. The van der Waals surface area contributed by atoms with E-state index in [1.807, 2.05) is 30.3 Å². The van der Waals surface area contributed by atoms with Gasteiger partial charge < -0.3 is 24.5 Å². The quantitative estimate of drug-likeness (QED) is 0.326. The largest absolute Gasteiger partial charge is 0.495 e. The highest BCUT2D eigenvalue weighted by Gasteiger charge is 2.39. The zero-order chi connectivity index (χ0) is 27.1. The SMILES string of the molecule is CCOC(=O)C1=C(c2ccccc2)NC(SCC(=O)Nc2cc(Cl)ccc2OC)=C(C#N)[C@@H]1c1ccco1. The van der Waals surface area contributed by atoms with Gasteiger partial charge in [0.2, 0.25) is 5.91 Å². The molecule has 1 atom stereocenters. The Morgan fingerprint density at radius 3 is 2.63 bits per heavy atom. The van der Waals surface area contributed by atoms with Crippen molar-refractivity contribution < 1.29 is 23.5 Å². The van der Waals surface area contributed by atoms with Gasteiger partial charge in [-0.15, -0.1) is 0 Å². The van der Waals surface area contributed by atoms with E-state index in [9.17, 15) is 14.9 Å². The van der Waals surface area contributed by atoms with E-state index in [2.05, 4.69) is 16.7 Å². The molecule has 1 aromatic heterocycles. The lowest BCUT2D eigenvalue weighted by atomic mass is 9.84. The number of carbonyl (C=O) groups excluding carboxylic acids is 2. The number of methoxy groups -OCH3 is 1. The Morgan fingerprint density at radius 2 is 1.97 bits per heavy atom. The Kier molecular flexibility index (Phi) is 8.79. The molecule has 2 N–H and O–H groups in total. The number of furan rings is 1. The lowest BCUT2D eigenvalue weighted by Gasteiger charge is -2.29. The van der Waals surface area contributed by atoms with Crippen LogP contribution in [0.5, 0.6) is 5.75 Å². The highest BCUT2D eigenvalue weighted by atomic mass is 35.5. The maximum absolute atomic E-state index is 13.2. The van der Waals surface area contributed by atoms with Crippen molar-refractivity contribution in [2.75, 3.05) is 24.8 Å². The average Bonchev–Trinajstić information content (AvgIpc) is 3.46. The topological polar surface area (TPSA) is 114 Å². The number of ether oxygens (including phenoxy) is 2. The van der Waals surface area contributed by atoms with Gasteiger partial charge >= 0.3 is 5.97 Å². The second kappa shape index (κ2) is 12.4. The monoisotopic (exact) mass is 549 g/mol. The minimum atomic E-state index is -0.830. The molecule has 2 heterocycles. The molecule has 0 saturated carbocycles. The van der Waals surface area contributed by atoms with Gasteiger partial charge in [-0.3, -0.25) is 4.79 Å². The second-order valence-electron chi connectivity index (χ2n) is 7.98. The van der Waals surface area contributed by atoms with Gasteiger partial charge in [0.15, 0.2) is 0 Å². The molecular weight excluding hydrogens is 526 g/mol. The van der Waals surface area contributed by atoms with Gasteiger partial charge in [-0.1, -0.05) is 53.7 Å². The van der Waals surface area contributed by atoms with Gasteiger partial charge in [-0.05, 0) is 42.8 Å². The Morgan fingerprint density at radius 1 is 1.18 bits per heavy atom. The first-order valence-corrected chi connectivity index (χ1v) is 13.0. The normalized spacial score (nSPS) is 14.9. The van der Waals surface area contributed by atoms with Crippen LogP contribution in [0.25, 0.3) is 5.70 Å². The lowest BCUT2D eigenvalue weighted by Crippen LogP contribution is -2.29. The van der Waals surface area contributed by atoms with E-state index in [4.69, 9.17) is 25.5 Å². The molecule has 3 aromatic rings. The average molecular weight is 550 g/mol.